The van der Waals surface area contributed by atoms with Crippen molar-refractivity contribution in [2.24, 2.45) is 5.10 Å². The van der Waals surface area contributed by atoms with Gasteiger partial charge in [-0.25, -0.2) is 9.80 Å². The van der Waals surface area contributed by atoms with Crippen molar-refractivity contribution in [2.75, 3.05) is 12.1 Å². The molecule has 2 N–H and O–H groups in total. The molecule has 1 atom stereocenters. The van der Waals surface area contributed by atoms with Crippen LogP contribution in [0.4, 0.5) is 5.69 Å². The van der Waals surface area contributed by atoms with Gasteiger partial charge in [0.15, 0.2) is 12.0 Å². The summed E-state index contributed by atoms with van der Waals surface area (Å²) in [7, 11) is 1.19. The van der Waals surface area contributed by atoms with E-state index < -0.39 is 18.0 Å². The Kier molecular flexibility index (Phi) is 3.29. The molecule has 1 aromatic carbocycles. The van der Waals surface area contributed by atoms with E-state index in [-0.39, 0.29) is 5.71 Å². The maximum Gasteiger partial charge on any atom is 0.362 e. The fraction of sp³-hybridized carbons (Fsp3) is 0.167. The van der Waals surface area contributed by atoms with Crippen LogP contribution in [0.15, 0.2) is 47.3 Å². The number of aliphatic hydroxyl groups excluding tert-OH is 2. The third-order valence-corrected chi connectivity index (χ3v) is 2.41. The summed E-state index contributed by atoms with van der Waals surface area (Å²) < 4.78 is 4.50. The number of hydrogen-bond donors (Lipinski definition) is 2. The molecule has 1 unspecified atom stereocenters. The summed E-state index contributed by atoms with van der Waals surface area (Å²) in [5, 5.41) is 24.5. The SMILES string of the molecule is COC(=O)C1=NN(c2ccccc2)C(O)C=C1O. The number of para-hydroxylation sites is 1. The van der Waals surface area contributed by atoms with Crippen molar-refractivity contribution in [3.63, 3.8) is 0 Å². The fourth-order valence-corrected chi connectivity index (χ4v) is 1.54. The van der Waals surface area contributed by atoms with Crippen molar-refractivity contribution in [1.29, 1.82) is 0 Å². The Labute approximate surface area is 103 Å². The Balaban J connectivity index is 2.38. The summed E-state index contributed by atoms with van der Waals surface area (Å²) >= 11 is 0. The van der Waals surface area contributed by atoms with Crippen LogP contribution in [0, 0.1) is 0 Å². The highest BCUT2D eigenvalue weighted by molar-refractivity contribution is 6.42. The van der Waals surface area contributed by atoms with E-state index in [9.17, 15) is 15.0 Å². The molecule has 1 aromatic rings. The molecule has 0 saturated heterocycles. The molecule has 1 aliphatic heterocycles. The quantitative estimate of drug-likeness (QED) is 0.756. The highest BCUT2D eigenvalue weighted by Gasteiger charge is 2.27. The number of esters is 1. The number of anilines is 1. The van der Waals surface area contributed by atoms with E-state index in [0.29, 0.717) is 5.69 Å². The van der Waals surface area contributed by atoms with Crippen molar-refractivity contribution >= 4 is 17.4 Å². The molecule has 94 valence electrons. The van der Waals surface area contributed by atoms with Crippen molar-refractivity contribution in [3.05, 3.63) is 42.2 Å². The van der Waals surface area contributed by atoms with Gasteiger partial charge in [-0.3, -0.25) is 0 Å². The first-order chi connectivity index (χ1) is 8.63. The smallest absolute Gasteiger partial charge is 0.362 e. The minimum atomic E-state index is -1.14. The lowest BCUT2D eigenvalue weighted by atomic mass is 10.2. The van der Waals surface area contributed by atoms with Crippen LogP contribution >= 0.6 is 0 Å². The Morgan fingerprint density at radius 1 is 1.39 bits per heavy atom. The monoisotopic (exact) mass is 248 g/mol. The largest absolute Gasteiger partial charge is 0.505 e. The minimum absolute atomic E-state index is 0.244. The van der Waals surface area contributed by atoms with Gasteiger partial charge in [-0.2, -0.15) is 5.10 Å². The summed E-state index contributed by atoms with van der Waals surface area (Å²) in [4.78, 5) is 11.4. The summed E-state index contributed by atoms with van der Waals surface area (Å²) in [6.07, 6.45) is -0.0208. The van der Waals surface area contributed by atoms with Crippen LogP contribution in [-0.4, -0.2) is 35.2 Å². The first-order valence-corrected chi connectivity index (χ1v) is 5.24. The van der Waals surface area contributed by atoms with E-state index in [2.05, 4.69) is 9.84 Å². The van der Waals surface area contributed by atoms with Crippen LogP contribution in [0.5, 0.6) is 0 Å². The Bertz CT molecular complexity index is 510. The highest BCUT2D eigenvalue weighted by atomic mass is 16.5. The zero-order valence-electron chi connectivity index (χ0n) is 9.65. The summed E-state index contributed by atoms with van der Waals surface area (Å²) in [6.45, 7) is 0. The lowest BCUT2D eigenvalue weighted by molar-refractivity contribution is -0.132. The van der Waals surface area contributed by atoms with Gasteiger partial charge in [-0.15, -0.1) is 0 Å². The second-order valence-corrected chi connectivity index (χ2v) is 3.59. The molecule has 6 nitrogen and oxygen atoms in total. The third kappa shape index (κ3) is 2.18. The number of benzene rings is 1. The van der Waals surface area contributed by atoms with Gasteiger partial charge in [0.25, 0.3) is 0 Å². The molecule has 0 saturated carbocycles. The average molecular weight is 248 g/mol. The normalized spacial score (nSPS) is 19.0. The maximum absolute atomic E-state index is 11.4. The van der Waals surface area contributed by atoms with Crippen LogP contribution in [0.25, 0.3) is 0 Å². The zero-order chi connectivity index (χ0) is 13.1. The number of aliphatic hydroxyl groups is 2. The van der Waals surface area contributed by atoms with Gasteiger partial charge in [0.1, 0.15) is 0 Å². The van der Waals surface area contributed by atoms with Gasteiger partial charge < -0.3 is 14.9 Å². The molecule has 0 aliphatic carbocycles. The third-order valence-electron chi connectivity index (χ3n) is 2.41. The average Bonchev–Trinajstić information content (AvgIpc) is 2.39. The van der Waals surface area contributed by atoms with Crippen molar-refractivity contribution in [2.45, 2.75) is 6.23 Å². The number of nitrogens with zero attached hydrogens (tertiary/aromatic N) is 2. The van der Waals surface area contributed by atoms with Gasteiger partial charge in [0.2, 0.25) is 5.71 Å². The second kappa shape index (κ2) is 4.89. The topological polar surface area (TPSA) is 82.4 Å². The standard InChI is InChI=1S/C12H12N2O4/c1-18-12(17)11-9(15)7-10(16)14(13-11)8-5-3-2-4-6-8/h2-7,10,15-16H,1H3. The molecular weight excluding hydrogens is 236 g/mol. The second-order valence-electron chi connectivity index (χ2n) is 3.59. The van der Waals surface area contributed by atoms with Crippen LogP contribution in [-0.2, 0) is 9.53 Å². The summed E-state index contributed by atoms with van der Waals surface area (Å²) in [5.74, 6) is -1.17. The minimum Gasteiger partial charge on any atom is -0.505 e. The number of hydrogen-bond acceptors (Lipinski definition) is 6. The molecule has 0 fully saturated rings. The maximum atomic E-state index is 11.4. The molecular formula is C12H12N2O4. The molecule has 0 amide bonds. The van der Waals surface area contributed by atoms with Gasteiger partial charge in [-0.05, 0) is 12.1 Å². The molecule has 18 heavy (non-hydrogen) atoms. The van der Waals surface area contributed by atoms with E-state index in [0.717, 1.165) is 6.08 Å². The van der Waals surface area contributed by atoms with Crippen molar-refractivity contribution in [3.8, 4) is 0 Å². The van der Waals surface area contributed by atoms with Crippen LogP contribution < -0.4 is 5.01 Å². The number of hydrazone groups is 1. The molecule has 0 bridgehead atoms. The van der Waals surface area contributed by atoms with Gasteiger partial charge in [0.05, 0.1) is 12.8 Å². The predicted octanol–water partition coefficient (Wildman–Crippen LogP) is 0.796. The van der Waals surface area contributed by atoms with Gasteiger partial charge >= 0.3 is 5.97 Å². The van der Waals surface area contributed by atoms with Crippen LogP contribution in [0.3, 0.4) is 0 Å². The van der Waals surface area contributed by atoms with Gasteiger partial charge in [0, 0.05) is 6.08 Å². The molecule has 1 heterocycles. The van der Waals surface area contributed by atoms with Crippen molar-refractivity contribution in [1.82, 2.24) is 0 Å². The molecule has 0 radical (unpaired) electrons. The van der Waals surface area contributed by atoms with E-state index in [1.54, 1.807) is 24.3 Å². The van der Waals surface area contributed by atoms with E-state index in [1.807, 2.05) is 6.07 Å². The number of methoxy groups -OCH3 is 1. The number of carbonyl (C=O) groups excluding carboxylic acids is 1. The number of carbonyl (C=O) groups is 1. The number of ether oxygens (including phenoxy) is 1. The Hall–Kier alpha value is -2.34. The molecule has 1 aliphatic rings. The van der Waals surface area contributed by atoms with Crippen LogP contribution in [0.1, 0.15) is 0 Å². The first kappa shape index (κ1) is 12.1. The highest BCUT2D eigenvalue weighted by Crippen LogP contribution is 2.21. The summed E-state index contributed by atoms with van der Waals surface area (Å²) in [6, 6.07) is 8.80. The van der Waals surface area contributed by atoms with Gasteiger partial charge in [-0.1, -0.05) is 18.2 Å². The van der Waals surface area contributed by atoms with E-state index >= 15 is 0 Å². The molecule has 2 rings (SSSR count). The van der Waals surface area contributed by atoms with E-state index in [4.69, 9.17) is 0 Å². The van der Waals surface area contributed by atoms with Crippen molar-refractivity contribution < 1.29 is 19.7 Å². The predicted molar refractivity (Wildman–Crippen MR) is 65.1 cm³/mol. The Morgan fingerprint density at radius 2 is 2.06 bits per heavy atom. The Morgan fingerprint density at radius 3 is 2.67 bits per heavy atom. The summed E-state index contributed by atoms with van der Waals surface area (Å²) in [5.41, 5.74) is 0.349. The molecule has 0 spiro atoms. The number of rotatable bonds is 2. The lowest BCUT2D eigenvalue weighted by Crippen LogP contribution is -2.37. The zero-order valence-corrected chi connectivity index (χ0v) is 9.65. The van der Waals surface area contributed by atoms with E-state index in [1.165, 1.54) is 12.1 Å². The molecule has 6 heteroatoms. The molecule has 0 aromatic heterocycles. The first-order valence-electron chi connectivity index (χ1n) is 5.24. The lowest BCUT2D eigenvalue weighted by Gasteiger charge is -2.26. The fourth-order valence-electron chi connectivity index (χ4n) is 1.54. The van der Waals surface area contributed by atoms with Crippen LogP contribution in [0.2, 0.25) is 0 Å².